The Morgan fingerprint density at radius 2 is 1.39 bits per heavy atom. The number of carbonyl (C=O) groups is 10. The molecule has 0 radical (unpaired) electrons. The Bertz CT molecular complexity index is 2000. The Hall–Kier alpha value is -6.90. The zero-order chi connectivity index (χ0) is 53.4. The number of nitrogens with two attached hydrogens (primary N) is 5. The normalized spacial score (nSPS) is 16.7. The minimum Gasteiger partial charge on any atom is -0.481 e. The number of H-pyrrole nitrogens is 1. The molecule has 0 saturated carbocycles. The van der Waals surface area contributed by atoms with E-state index in [1.54, 1.807) is 27.7 Å². The lowest BCUT2D eigenvalue weighted by atomic mass is 9.98. The summed E-state index contributed by atoms with van der Waals surface area (Å²) in [5.74, 6) is -10.4. The maximum Gasteiger partial charge on any atom is 0.326 e. The van der Waals surface area contributed by atoms with Crippen LogP contribution in [-0.4, -0.2) is 158 Å². The molecule has 398 valence electrons. The number of aliphatic carboxylic acids is 2. The van der Waals surface area contributed by atoms with Crippen LogP contribution in [0.25, 0.3) is 0 Å². The topological polar surface area (TPSA) is 458 Å². The summed E-state index contributed by atoms with van der Waals surface area (Å²) in [6, 6.07) is -10.7. The molecular formula is C44H75N15O12. The first-order valence-corrected chi connectivity index (χ1v) is 23.8. The minimum absolute atomic E-state index is 0.0252. The summed E-state index contributed by atoms with van der Waals surface area (Å²) in [4.78, 5) is 145. The Morgan fingerprint density at radius 3 is 1.96 bits per heavy atom. The molecule has 0 aliphatic carbocycles. The SMILES string of the molecule is CC[C@H](C)[C@H](NC(=O)[C@H](CC(N)=O)NC(=O)[C@@H]1CCCN1C(=O)[C@H](Cc1cnc[nH]1)NC(=O)[C@H](CCCN=C(N)N)NC(=O)[C@H](CC(C)C)NC(=O)[C@H](CCC(=O)O)NC(=O)[C@@H](N)CCCCN)C(=O)O. The van der Waals surface area contributed by atoms with Crippen LogP contribution < -0.4 is 60.6 Å². The smallest absolute Gasteiger partial charge is 0.326 e. The molecule has 27 nitrogen and oxygen atoms in total. The van der Waals surface area contributed by atoms with Crippen LogP contribution in [-0.2, 0) is 54.4 Å². The van der Waals surface area contributed by atoms with Gasteiger partial charge < -0.3 is 80.7 Å². The highest BCUT2D eigenvalue weighted by Crippen LogP contribution is 2.21. The number of amides is 8. The summed E-state index contributed by atoms with van der Waals surface area (Å²) < 4.78 is 0. The first-order chi connectivity index (χ1) is 33.5. The number of nitrogens with zero attached hydrogens (tertiary/aromatic N) is 3. The number of aliphatic imine (C=N–C) groups is 1. The van der Waals surface area contributed by atoms with Crippen LogP contribution >= 0.6 is 0 Å². The third-order valence-electron chi connectivity index (χ3n) is 11.8. The van der Waals surface area contributed by atoms with E-state index in [9.17, 15) is 58.2 Å². The van der Waals surface area contributed by atoms with Gasteiger partial charge in [-0.15, -0.1) is 0 Å². The van der Waals surface area contributed by atoms with Gasteiger partial charge in [0, 0.05) is 37.8 Å². The number of unbranched alkanes of at least 4 members (excludes halogenated alkanes) is 1. The summed E-state index contributed by atoms with van der Waals surface area (Å²) in [6.45, 7) is 7.29. The molecule has 1 aromatic rings. The number of carboxylic acid groups (broad SMARTS) is 2. The molecule has 0 aromatic carbocycles. The van der Waals surface area contributed by atoms with Crippen LogP contribution in [0.1, 0.15) is 110 Å². The van der Waals surface area contributed by atoms with Crippen LogP contribution in [0.5, 0.6) is 0 Å². The third kappa shape index (κ3) is 21.3. The van der Waals surface area contributed by atoms with Crippen molar-refractivity contribution < 1.29 is 58.2 Å². The van der Waals surface area contributed by atoms with E-state index in [1.807, 2.05) is 0 Å². The lowest BCUT2D eigenvalue weighted by molar-refractivity contribution is -0.144. The molecule has 1 saturated heterocycles. The van der Waals surface area contributed by atoms with E-state index in [0.29, 0.717) is 37.9 Å². The molecule has 1 fully saturated rings. The highest BCUT2D eigenvalue weighted by Gasteiger charge is 2.41. The van der Waals surface area contributed by atoms with Crippen molar-refractivity contribution in [3.63, 3.8) is 0 Å². The van der Waals surface area contributed by atoms with Crippen molar-refractivity contribution in [3.05, 3.63) is 18.2 Å². The number of primary amides is 1. The molecule has 1 aromatic heterocycles. The van der Waals surface area contributed by atoms with Gasteiger partial charge in [0.25, 0.3) is 0 Å². The average Bonchev–Trinajstić information content (AvgIpc) is 4.02. The van der Waals surface area contributed by atoms with Gasteiger partial charge in [-0.05, 0) is 69.7 Å². The van der Waals surface area contributed by atoms with Gasteiger partial charge in [-0.1, -0.05) is 40.5 Å². The second-order valence-corrected chi connectivity index (χ2v) is 18.1. The van der Waals surface area contributed by atoms with E-state index in [1.165, 1.54) is 17.4 Å². The van der Waals surface area contributed by atoms with Gasteiger partial charge in [-0.2, -0.15) is 0 Å². The van der Waals surface area contributed by atoms with Crippen molar-refractivity contribution >= 4 is 65.2 Å². The average molecular weight is 1010 g/mol. The predicted octanol–water partition coefficient (Wildman–Crippen LogP) is -3.72. The maximum atomic E-state index is 14.5. The van der Waals surface area contributed by atoms with Gasteiger partial charge in [0.15, 0.2) is 5.96 Å². The Labute approximate surface area is 412 Å². The number of imidazole rings is 1. The number of nitrogens with one attached hydrogen (secondary N) is 7. The zero-order valence-electron chi connectivity index (χ0n) is 40.9. The van der Waals surface area contributed by atoms with Gasteiger partial charge in [-0.25, -0.2) is 9.78 Å². The number of carbonyl (C=O) groups excluding carboxylic acids is 8. The fourth-order valence-electron chi connectivity index (χ4n) is 7.68. The summed E-state index contributed by atoms with van der Waals surface area (Å²) in [7, 11) is 0. The Morgan fingerprint density at radius 1 is 0.789 bits per heavy atom. The third-order valence-corrected chi connectivity index (χ3v) is 11.8. The largest absolute Gasteiger partial charge is 0.481 e. The van der Waals surface area contributed by atoms with Gasteiger partial charge in [-0.3, -0.25) is 48.1 Å². The van der Waals surface area contributed by atoms with Crippen molar-refractivity contribution in [3.8, 4) is 0 Å². The number of likely N-dealkylation sites (tertiary alicyclic amines) is 1. The van der Waals surface area contributed by atoms with Crippen LogP contribution in [0.3, 0.4) is 0 Å². The summed E-state index contributed by atoms with van der Waals surface area (Å²) in [5.41, 5.74) is 28.4. The number of aromatic amines is 1. The van der Waals surface area contributed by atoms with Crippen LogP contribution in [0.15, 0.2) is 17.5 Å². The fourth-order valence-corrected chi connectivity index (χ4v) is 7.68. The highest BCUT2D eigenvalue weighted by atomic mass is 16.4. The number of carboxylic acids is 2. The molecule has 0 bridgehead atoms. The fraction of sp³-hybridized carbons (Fsp3) is 0.682. The molecule has 8 amide bonds. The molecule has 19 N–H and O–H groups in total. The molecule has 0 unspecified atom stereocenters. The standard InChI is InChI=1S/C44H75N15O12/c1-5-24(4)35(43(70)71)58-40(67)30(20-33(47)60)56-41(68)32-12-9-17-59(32)42(69)31(19-25-21-50-22-52-25)57-37(64)27(11-8-16-51-44(48)49)54-39(66)29(18-23(2)3)55-38(65)28(13-14-34(61)62)53-36(63)26(46)10-6-7-15-45/h21-24,26-32,35H,5-20,45-46H2,1-4H3,(H2,47,60)(H,50,52)(H,53,63)(H,54,66)(H,55,65)(H,56,68)(H,57,64)(H,58,67)(H,61,62)(H,70,71)(H4,48,49,51)/t24-,26-,27-,28-,29-,30-,31-,32-,35-/m0/s1. The van der Waals surface area contributed by atoms with Crippen molar-refractivity contribution in [2.75, 3.05) is 19.6 Å². The number of guanidine groups is 1. The minimum atomic E-state index is -1.60. The van der Waals surface area contributed by atoms with E-state index in [-0.39, 0.29) is 69.9 Å². The molecule has 1 aliphatic heterocycles. The lowest BCUT2D eigenvalue weighted by Crippen LogP contribution is -2.60. The van der Waals surface area contributed by atoms with Crippen molar-refractivity contribution in [1.82, 2.24) is 46.8 Å². The lowest BCUT2D eigenvalue weighted by Gasteiger charge is -2.31. The Balaban J connectivity index is 2.46. The quantitative estimate of drug-likeness (QED) is 0.0183. The first kappa shape index (κ1) is 60.2. The molecule has 2 rings (SSSR count). The van der Waals surface area contributed by atoms with Gasteiger partial charge in [0.2, 0.25) is 47.3 Å². The number of hydrogen-bond acceptors (Lipinski definition) is 14. The molecule has 27 heteroatoms. The molecular weight excluding hydrogens is 931 g/mol. The van der Waals surface area contributed by atoms with Crippen molar-refractivity contribution in [2.24, 2.45) is 45.5 Å². The number of aromatic nitrogens is 2. The van der Waals surface area contributed by atoms with Crippen molar-refractivity contribution in [2.45, 2.75) is 160 Å². The highest BCUT2D eigenvalue weighted by molar-refractivity contribution is 5.98. The summed E-state index contributed by atoms with van der Waals surface area (Å²) in [5, 5.41) is 34.4. The second kappa shape index (κ2) is 30.7. The van der Waals surface area contributed by atoms with Crippen LogP contribution in [0, 0.1) is 11.8 Å². The molecule has 9 atom stereocenters. The molecule has 0 spiro atoms. The van der Waals surface area contributed by atoms with Gasteiger partial charge in [0.1, 0.15) is 42.3 Å². The summed E-state index contributed by atoms with van der Waals surface area (Å²) >= 11 is 0. The van der Waals surface area contributed by atoms with Crippen LogP contribution in [0.2, 0.25) is 0 Å². The number of hydrogen-bond donors (Lipinski definition) is 14. The van der Waals surface area contributed by atoms with E-state index < -0.39 is 126 Å². The zero-order valence-corrected chi connectivity index (χ0v) is 40.9. The molecule has 1 aliphatic rings. The predicted molar refractivity (Wildman–Crippen MR) is 257 cm³/mol. The van der Waals surface area contributed by atoms with Gasteiger partial charge in [0.05, 0.1) is 18.8 Å². The van der Waals surface area contributed by atoms with E-state index >= 15 is 0 Å². The van der Waals surface area contributed by atoms with Gasteiger partial charge >= 0.3 is 11.9 Å². The van der Waals surface area contributed by atoms with E-state index in [2.05, 4.69) is 46.9 Å². The monoisotopic (exact) mass is 1010 g/mol. The number of rotatable bonds is 33. The molecule has 71 heavy (non-hydrogen) atoms. The first-order valence-electron chi connectivity index (χ1n) is 23.8. The molecule has 2 heterocycles. The van der Waals surface area contributed by atoms with E-state index in [4.69, 9.17) is 28.7 Å². The summed E-state index contributed by atoms with van der Waals surface area (Å²) in [6.07, 6.45) is 3.26. The Kier molecular flexibility index (Phi) is 26.0. The second-order valence-electron chi connectivity index (χ2n) is 18.1. The van der Waals surface area contributed by atoms with E-state index in [0.717, 1.165) is 0 Å². The van der Waals surface area contributed by atoms with Crippen molar-refractivity contribution in [1.29, 1.82) is 0 Å². The maximum absolute atomic E-state index is 14.5. The van der Waals surface area contributed by atoms with Crippen LogP contribution in [0.4, 0.5) is 0 Å².